The molecule has 3 unspecified atom stereocenters. The van der Waals surface area contributed by atoms with E-state index in [1.54, 1.807) is 6.08 Å². The Bertz CT molecular complexity index is 1670. The SMILES string of the molecule is CC/C=C\C/C=C\C/C=C\C/C=C\C/C=C\CC(=O)OC(COC(=O)CCCCCCCC/C=C\C/C=C\C/C=C\C/C=C\CC)COP(=O)(O)OCC(CO)OC(=O)CCCCCCC/C=C\CCCC. The highest BCUT2D eigenvalue weighted by atomic mass is 31.2. The molecule has 11 nitrogen and oxygen atoms in total. The van der Waals surface area contributed by atoms with Crippen LogP contribution in [0.4, 0.5) is 0 Å². The normalized spacial score (nSPS) is 14.3. The van der Waals surface area contributed by atoms with Crippen molar-refractivity contribution in [3.8, 4) is 0 Å². The van der Waals surface area contributed by atoms with Gasteiger partial charge in [0.1, 0.15) is 12.7 Å². The monoisotopic (exact) mass is 1020 g/mol. The summed E-state index contributed by atoms with van der Waals surface area (Å²) in [5, 5.41) is 9.77. The van der Waals surface area contributed by atoms with Crippen LogP contribution in [0.5, 0.6) is 0 Å². The van der Waals surface area contributed by atoms with E-state index < -0.39 is 57.8 Å². The van der Waals surface area contributed by atoms with Gasteiger partial charge in [-0.25, -0.2) is 4.57 Å². The number of rotatable bonds is 49. The molecule has 2 N–H and O–H groups in total. The predicted octanol–water partition coefficient (Wildman–Crippen LogP) is 16.0. The van der Waals surface area contributed by atoms with Crippen LogP contribution in [0.15, 0.2) is 122 Å². The molecule has 0 amide bonds. The van der Waals surface area contributed by atoms with Crippen LogP contribution in [-0.4, -0.2) is 66.5 Å². The van der Waals surface area contributed by atoms with Gasteiger partial charge in [-0.3, -0.25) is 23.4 Å². The lowest BCUT2D eigenvalue weighted by atomic mass is 10.1. The second kappa shape index (κ2) is 53.2. The Labute approximate surface area is 437 Å². The van der Waals surface area contributed by atoms with Gasteiger partial charge >= 0.3 is 25.7 Å². The lowest BCUT2D eigenvalue weighted by Gasteiger charge is -2.21. The lowest BCUT2D eigenvalue weighted by molar-refractivity contribution is -0.160. The largest absolute Gasteiger partial charge is 0.472 e. The first-order valence-electron chi connectivity index (χ1n) is 27.4. The molecule has 3 atom stereocenters. The summed E-state index contributed by atoms with van der Waals surface area (Å²) >= 11 is 0. The Morgan fingerprint density at radius 2 is 0.778 bits per heavy atom. The summed E-state index contributed by atoms with van der Waals surface area (Å²) in [4.78, 5) is 48.3. The first-order chi connectivity index (χ1) is 35.2. The third-order valence-electron chi connectivity index (χ3n) is 10.9. The molecule has 72 heavy (non-hydrogen) atoms. The van der Waals surface area contributed by atoms with Crippen LogP contribution < -0.4 is 0 Å². The number of carbonyl (C=O) groups is 3. The molecule has 0 aromatic heterocycles. The summed E-state index contributed by atoms with van der Waals surface area (Å²) < 4.78 is 39.3. The van der Waals surface area contributed by atoms with E-state index in [4.69, 9.17) is 23.3 Å². The van der Waals surface area contributed by atoms with Gasteiger partial charge in [-0.2, -0.15) is 0 Å². The molecule has 0 spiro atoms. The molecule has 0 rings (SSSR count). The minimum absolute atomic E-state index is 0.0744. The van der Waals surface area contributed by atoms with Crippen molar-refractivity contribution in [1.29, 1.82) is 0 Å². The van der Waals surface area contributed by atoms with Crippen LogP contribution in [0.25, 0.3) is 0 Å². The molecule has 0 aromatic rings. The number of ether oxygens (including phenoxy) is 3. The molecule has 0 fully saturated rings. The molecule has 0 saturated heterocycles. The van der Waals surface area contributed by atoms with Gasteiger partial charge in [0.2, 0.25) is 0 Å². The Morgan fingerprint density at radius 1 is 0.417 bits per heavy atom. The lowest BCUT2D eigenvalue weighted by Crippen LogP contribution is -2.30. The maximum absolute atomic E-state index is 12.9. The smallest absolute Gasteiger partial charge is 0.462 e. The second-order valence-corrected chi connectivity index (χ2v) is 19.1. The maximum Gasteiger partial charge on any atom is 0.472 e. The Kier molecular flexibility index (Phi) is 50.1. The number of aliphatic hydroxyl groups excluding tert-OH is 1. The van der Waals surface area contributed by atoms with E-state index >= 15 is 0 Å². The molecule has 0 saturated carbocycles. The highest BCUT2D eigenvalue weighted by Gasteiger charge is 2.28. The van der Waals surface area contributed by atoms with Crippen LogP contribution in [0.3, 0.4) is 0 Å². The number of hydrogen-bond donors (Lipinski definition) is 2. The van der Waals surface area contributed by atoms with Crippen molar-refractivity contribution in [3.63, 3.8) is 0 Å². The van der Waals surface area contributed by atoms with Crippen LogP contribution in [-0.2, 0) is 42.2 Å². The molecule has 0 aliphatic carbocycles. The summed E-state index contributed by atoms with van der Waals surface area (Å²) in [6.07, 6.45) is 64.8. The maximum atomic E-state index is 12.9. The number of carbonyl (C=O) groups excluding carboxylic acids is 3. The van der Waals surface area contributed by atoms with E-state index in [9.17, 15) is 28.9 Å². The van der Waals surface area contributed by atoms with Crippen LogP contribution in [0, 0.1) is 0 Å². The zero-order valence-electron chi connectivity index (χ0n) is 44.8. The fourth-order valence-electron chi connectivity index (χ4n) is 6.75. The van der Waals surface area contributed by atoms with E-state index in [2.05, 4.69) is 118 Å². The minimum Gasteiger partial charge on any atom is -0.462 e. The number of phosphoric ester groups is 1. The Balaban J connectivity index is 4.88. The average Bonchev–Trinajstić information content (AvgIpc) is 3.37. The van der Waals surface area contributed by atoms with Gasteiger partial charge in [-0.15, -0.1) is 0 Å². The van der Waals surface area contributed by atoms with Crippen molar-refractivity contribution in [2.45, 2.75) is 213 Å². The molecule has 0 radical (unpaired) electrons. The number of aliphatic hydroxyl groups is 1. The third kappa shape index (κ3) is 50.8. The molecular formula is C60H97O11P. The number of phosphoric acid groups is 1. The van der Waals surface area contributed by atoms with E-state index in [1.165, 1.54) is 12.8 Å². The third-order valence-corrected chi connectivity index (χ3v) is 11.8. The minimum atomic E-state index is -4.78. The van der Waals surface area contributed by atoms with Gasteiger partial charge in [0.25, 0.3) is 0 Å². The average molecular weight is 1030 g/mol. The van der Waals surface area contributed by atoms with Crippen molar-refractivity contribution < 1.29 is 52.2 Å². The highest BCUT2D eigenvalue weighted by Crippen LogP contribution is 2.43. The van der Waals surface area contributed by atoms with Gasteiger partial charge in [0, 0.05) is 12.8 Å². The van der Waals surface area contributed by atoms with Crippen molar-refractivity contribution in [1.82, 2.24) is 0 Å². The fraction of sp³-hybridized carbons (Fsp3) is 0.617. The van der Waals surface area contributed by atoms with E-state index in [1.807, 2.05) is 18.2 Å². The molecule has 12 heteroatoms. The van der Waals surface area contributed by atoms with Gasteiger partial charge in [0.05, 0.1) is 26.2 Å². The summed E-state index contributed by atoms with van der Waals surface area (Å²) in [5.41, 5.74) is 0. The number of unbranched alkanes of at least 4 members (excludes halogenated alkanes) is 13. The van der Waals surface area contributed by atoms with E-state index in [0.717, 1.165) is 128 Å². The summed E-state index contributed by atoms with van der Waals surface area (Å²) in [7, 11) is -4.78. The summed E-state index contributed by atoms with van der Waals surface area (Å²) in [6.45, 7) is 4.21. The molecule has 408 valence electrons. The molecule has 0 heterocycles. The quantitative estimate of drug-likeness (QED) is 0.0197. The fourth-order valence-corrected chi connectivity index (χ4v) is 7.54. The van der Waals surface area contributed by atoms with Crippen LogP contribution in [0.1, 0.15) is 201 Å². The predicted molar refractivity (Wildman–Crippen MR) is 297 cm³/mol. The number of hydrogen-bond acceptors (Lipinski definition) is 10. The zero-order valence-corrected chi connectivity index (χ0v) is 45.7. The van der Waals surface area contributed by atoms with Crippen LogP contribution >= 0.6 is 7.82 Å². The molecule has 0 aliphatic heterocycles. The first kappa shape index (κ1) is 67.9. The van der Waals surface area contributed by atoms with Gasteiger partial charge in [-0.05, 0) is 103 Å². The van der Waals surface area contributed by atoms with Crippen LogP contribution in [0.2, 0.25) is 0 Å². The molecule has 0 aliphatic rings. The zero-order chi connectivity index (χ0) is 52.7. The molecule has 0 aromatic carbocycles. The second-order valence-electron chi connectivity index (χ2n) is 17.6. The number of esters is 3. The summed E-state index contributed by atoms with van der Waals surface area (Å²) in [5.74, 6) is -1.66. The first-order valence-corrected chi connectivity index (χ1v) is 28.9. The van der Waals surface area contributed by atoms with Gasteiger partial charge in [0.15, 0.2) is 6.10 Å². The van der Waals surface area contributed by atoms with Gasteiger partial charge < -0.3 is 24.2 Å². The van der Waals surface area contributed by atoms with Crippen molar-refractivity contribution in [2.75, 3.05) is 26.4 Å². The van der Waals surface area contributed by atoms with Crippen molar-refractivity contribution in [3.05, 3.63) is 122 Å². The standard InChI is InChI=1S/C60H97O11P/c1-4-7-10-13-16-19-22-24-26-27-28-29-31-32-35-37-40-43-46-49-58(62)67-53-57(71-60(64)51-48-45-42-39-36-33-30-25-23-20-17-14-11-8-5-2)55-69-72(65,66)68-54-56(52-61)70-59(63)50-47-44-41-38-34-21-18-15-12-9-6-3/h7-8,10-11,15-20,24-26,28-30,36,39,45,48,56-57,61H,4-6,9,12-14,21-23,27,31-35,37-38,40-44,46-47,49-55H2,1-3H3,(H,65,66)/b10-7-,11-8-,18-15-,19-16-,20-17-,26-24-,29-28-,30-25-,39-36-,48-45-. The van der Waals surface area contributed by atoms with Gasteiger partial charge in [-0.1, -0.05) is 200 Å². The van der Waals surface area contributed by atoms with Crippen molar-refractivity contribution in [2.24, 2.45) is 0 Å². The number of allylic oxidation sites excluding steroid dienone is 19. The summed E-state index contributed by atoms with van der Waals surface area (Å²) in [6, 6.07) is 0. The van der Waals surface area contributed by atoms with E-state index in [-0.39, 0.29) is 25.9 Å². The molecule has 0 bridgehead atoms. The topological polar surface area (TPSA) is 155 Å². The Morgan fingerprint density at radius 3 is 1.24 bits per heavy atom. The van der Waals surface area contributed by atoms with Crippen molar-refractivity contribution >= 4 is 25.7 Å². The van der Waals surface area contributed by atoms with E-state index in [0.29, 0.717) is 19.3 Å². The highest BCUT2D eigenvalue weighted by molar-refractivity contribution is 7.47. The molecular weight excluding hydrogens is 928 g/mol. The Hall–Kier alpha value is -4.12.